The predicted molar refractivity (Wildman–Crippen MR) is 125 cm³/mol. The van der Waals surface area contributed by atoms with Crippen LogP contribution >= 0.6 is 11.8 Å². The molecule has 4 rings (SSSR count). The number of rotatable bonds is 7. The molecule has 3 aromatic rings. The van der Waals surface area contributed by atoms with Crippen molar-refractivity contribution in [1.29, 1.82) is 0 Å². The zero-order valence-corrected chi connectivity index (χ0v) is 19.4. The number of carbonyl (C=O) groups is 1. The third-order valence-electron chi connectivity index (χ3n) is 5.53. The maximum Gasteiger partial charge on any atom is 0.322 e. The van der Waals surface area contributed by atoms with Gasteiger partial charge in [-0.15, -0.1) is 11.8 Å². The number of nitrogens with zero attached hydrogens (tertiary/aromatic N) is 3. The molecule has 0 bridgehead atoms. The minimum Gasteiger partial charge on any atom is -0.383 e. The molecule has 1 unspecified atom stereocenters. The van der Waals surface area contributed by atoms with Crippen molar-refractivity contribution >= 4 is 23.4 Å². The number of hydrogen-bond acceptors (Lipinski definition) is 6. The Morgan fingerprint density at radius 3 is 2.50 bits per heavy atom. The summed E-state index contributed by atoms with van der Waals surface area (Å²) >= 11 is 1.68. The maximum atomic E-state index is 12.9. The SMILES string of the molecule is COCCN1C(=O)NC(c2ccc(C)cc2)C(c2nc(-c3ccc(SC)cc3)no2)=C1C. The van der Waals surface area contributed by atoms with Gasteiger partial charge < -0.3 is 14.6 Å². The third kappa shape index (κ3) is 4.42. The van der Waals surface area contributed by atoms with Crippen LogP contribution in [0.25, 0.3) is 17.0 Å². The van der Waals surface area contributed by atoms with Gasteiger partial charge in [0, 0.05) is 23.3 Å². The first-order chi connectivity index (χ1) is 15.5. The monoisotopic (exact) mass is 450 g/mol. The van der Waals surface area contributed by atoms with E-state index in [0.29, 0.717) is 24.9 Å². The van der Waals surface area contributed by atoms with E-state index in [2.05, 4.69) is 10.5 Å². The van der Waals surface area contributed by atoms with Crippen molar-refractivity contribution in [3.63, 3.8) is 0 Å². The fraction of sp³-hybridized carbons (Fsp3) is 0.292. The normalized spacial score (nSPS) is 16.4. The lowest BCUT2D eigenvalue weighted by Crippen LogP contribution is -2.47. The molecule has 1 aliphatic heterocycles. The van der Waals surface area contributed by atoms with Crippen LogP contribution in [-0.4, -0.2) is 47.6 Å². The lowest BCUT2D eigenvalue weighted by molar-refractivity contribution is 0.158. The predicted octanol–water partition coefficient (Wildman–Crippen LogP) is 4.91. The topological polar surface area (TPSA) is 80.5 Å². The van der Waals surface area contributed by atoms with E-state index < -0.39 is 6.04 Å². The van der Waals surface area contributed by atoms with E-state index in [4.69, 9.17) is 14.2 Å². The van der Waals surface area contributed by atoms with Gasteiger partial charge in [0.25, 0.3) is 5.89 Å². The number of allylic oxidation sites excluding steroid dienone is 1. The van der Waals surface area contributed by atoms with Gasteiger partial charge in [0.05, 0.1) is 24.8 Å². The summed E-state index contributed by atoms with van der Waals surface area (Å²) in [6.45, 7) is 4.78. The van der Waals surface area contributed by atoms with Crippen LogP contribution in [0.1, 0.15) is 30.0 Å². The minimum absolute atomic E-state index is 0.179. The van der Waals surface area contributed by atoms with E-state index in [1.54, 1.807) is 23.8 Å². The molecule has 32 heavy (non-hydrogen) atoms. The Hall–Kier alpha value is -3.10. The Labute approximate surface area is 191 Å². The number of thioether (sulfide) groups is 1. The van der Waals surface area contributed by atoms with Crippen LogP contribution in [0, 0.1) is 6.92 Å². The molecular formula is C24H26N4O3S. The van der Waals surface area contributed by atoms with Gasteiger partial charge in [-0.25, -0.2) is 4.79 Å². The Morgan fingerprint density at radius 1 is 1.12 bits per heavy atom. The zero-order valence-electron chi connectivity index (χ0n) is 18.6. The molecule has 1 N–H and O–H groups in total. The van der Waals surface area contributed by atoms with E-state index >= 15 is 0 Å². The van der Waals surface area contributed by atoms with Gasteiger partial charge in [0.1, 0.15) is 0 Å². The molecule has 7 nitrogen and oxygen atoms in total. The van der Waals surface area contributed by atoms with Crippen LogP contribution in [0.3, 0.4) is 0 Å². The molecule has 8 heteroatoms. The number of urea groups is 1. The van der Waals surface area contributed by atoms with Crippen molar-refractivity contribution < 1.29 is 14.1 Å². The lowest BCUT2D eigenvalue weighted by Gasteiger charge is -2.35. The van der Waals surface area contributed by atoms with E-state index in [1.807, 2.05) is 68.6 Å². The maximum absolute atomic E-state index is 12.9. The average Bonchev–Trinajstić information content (AvgIpc) is 3.29. The van der Waals surface area contributed by atoms with Crippen molar-refractivity contribution in [2.45, 2.75) is 24.8 Å². The molecule has 1 atom stereocenters. The smallest absolute Gasteiger partial charge is 0.322 e. The van der Waals surface area contributed by atoms with Crippen LogP contribution in [0.5, 0.6) is 0 Å². The molecule has 0 aliphatic carbocycles. The Kier molecular flexibility index (Phi) is 6.62. The van der Waals surface area contributed by atoms with Crippen LogP contribution in [-0.2, 0) is 4.74 Å². The van der Waals surface area contributed by atoms with Gasteiger partial charge in [-0.3, -0.25) is 4.90 Å². The van der Waals surface area contributed by atoms with Crippen molar-refractivity contribution in [2.75, 3.05) is 26.5 Å². The fourth-order valence-corrected chi connectivity index (χ4v) is 4.12. The average molecular weight is 451 g/mol. The van der Waals surface area contributed by atoms with Crippen molar-refractivity contribution in [3.05, 3.63) is 71.2 Å². The number of aryl methyl sites for hydroxylation is 1. The minimum atomic E-state index is -0.394. The Morgan fingerprint density at radius 2 is 1.84 bits per heavy atom. The number of nitrogens with one attached hydrogen (secondary N) is 1. The lowest BCUT2D eigenvalue weighted by atomic mass is 9.94. The molecule has 0 fully saturated rings. The van der Waals surface area contributed by atoms with Crippen LogP contribution in [0.15, 0.2) is 63.6 Å². The van der Waals surface area contributed by atoms with Gasteiger partial charge in [0.15, 0.2) is 0 Å². The van der Waals surface area contributed by atoms with E-state index in [0.717, 1.165) is 28.0 Å². The third-order valence-corrected chi connectivity index (χ3v) is 6.27. The molecule has 0 saturated carbocycles. The molecule has 0 spiro atoms. The number of aromatic nitrogens is 2. The standard InChI is InChI=1S/C24H26N4O3S/c1-15-5-7-17(8-6-15)21-20(16(2)28(13-14-30-3)24(29)25-21)23-26-22(27-31-23)18-9-11-19(32-4)12-10-18/h5-12,21H,13-14H2,1-4H3,(H,25,29). The highest BCUT2D eigenvalue weighted by Crippen LogP contribution is 2.37. The second kappa shape index (κ2) is 9.58. The van der Waals surface area contributed by atoms with Crippen LogP contribution in [0.4, 0.5) is 4.79 Å². The van der Waals surface area contributed by atoms with Crippen LogP contribution < -0.4 is 5.32 Å². The molecule has 2 heterocycles. The highest BCUT2D eigenvalue weighted by molar-refractivity contribution is 7.98. The largest absolute Gasteiger partial charge is 0.383 e. The quantitative estimate of drug-likeness (QED) is 0.515. The summed E-state index contributed by atoms with van der Waals surface area (Å²) < 4.78 is 10.9. The number of methoxy groups -OCH3 is 1. The Bertz CT molecular complexity index is 1120. The van der Waals surface area contributed by atoms with Gasteiger partial charge >= 0.3 is 6.03 Å². The molecule has 0 radical (unpaired) electrons. The van der Waals surface area contributed by atoms with E-state index in [-0.39, 0.29) is 6.03 Å². The van der Waals surface area contributed by atoms with Gasteiger partial charge in [0.2, 0.25) is 5.82 Å². The summed E-state index contributed by atoms with van der Waals surface area (Å²) in [5.41, 5.74) is 4.52. The number of ether oxygens (including phenoxy) is 1. The second-order valence-corrected chi connectivity index (χ2v) is 8.47. The molecule has 1 aromatic heterocycles. The molecule has 2 aromatic carbocycles. The summed E-state index contributed by atoms with van der Waals surface area (Å²) in [4.78, 5) is 20.4. The summed E-state index contributed by atoms with van der Waals surface area (Å²) in [5.74, 6) is 0.899. The van der Waals surface area contributed by atoms with Gasteiger partial charge in [-0.1, -0.05) is 35.0 Å². The summed E-state index contributed by atoms with van der Waals surface area (Å²) in [6.07, 6.45) is 2.04. The van der Waals surface area contributed by atoms with Crippen molar-refractivity contribution in [1.82, 2.24) is 20.4 Å². The van der Waals surface area contributed by atoms with Crippen molar-refractivity contribution in [3.8, 4) is 11.4 Å². The first kappa shape index (κ1) is 22.1. The Balaban J connectivity index is 1.76. The first-order valence-electron chi connectivity index (χ1n) is 10.3. The molecular weight excluding hydrogens is 424 g/mol. The van der Waals surface area contributed by atoms with Crippen molar-refractivity contribution in [2.24, 2.45) is 0 Å². The zero-order chi connectivity index (χ0) is 22.7. The summed E-state index contributed by atoms with van der Waals surface area (Å²) in [5, 5.41) is 7.31. The second-order valence-electron chi connectivity index (χ2n) is 7.59. The highest BCUT2D eigenvalue weighted by atomic mass is 32.2. The fourth-order valence-electron chi connectivity index (χ4n) is 3.71. The molecule has 166 valence electrons. The number of carbonyl (C=O) groups excluding carboxylic acids is 1. The molecule has 2 amide bonds. The number of amides is 2. The number of hydrogen-bond donors (Lipinski definition) is 1. The van der Waals surface area contributed by atoms with E-state index in [1.165, 1.54) is 4.90 Å². The highest BCUT2D eigenvalue weighted by Gasteiger charge is 2.35. The van der Waals surface area contributed by atoms with Crippen LogP contribution in [0.2, 0.25) is 0 Å². The molecule has 0 saturated heterocycles. The number of benzene rings is 2. The summed E-state index contributed by atoms with van der Waals surface area (Å²) in [7, 11) is 1.61. The van der Waals surface area contributed by atoms with Gasteiger partial charge in [-0.05, 0) is 49.9 Å². The summed E-state index contributed by atoms with van der Waals surface area (Å²) in [6, 6.07) is 15.5. The molecule has 1 aliphatic rings. The van der Waals surface area contributed by atoms with Gasteiger partial charge in [-0.2, -0.15) is 4.98 Å². The van der Waals surface area contributed by atoms with E-state index in [9.17, 15) is 4.79 Å². The first-order valence-corrected chi connectivity index (χ1v) is 11.6.